The number of amides is 2. The number of anilines is 1. The van der Waals surface area contributed by atoms with Crippen molar-refractivity contribution in [2.45, 2.75) is 64.8 Å². The summed E-state index contributed by atoms with van der Waals surface area (Å²) in [5.41, 5.74) is 1.13. The third kappa shape index (κ3) is 3.41. The Morgan fingerprint density at radius 2 is 1.84 bits per heavy atom. The Labute approximate surface area is 196 Å². The average molecular weight is 455 g/mol. The second-order valence-electron chi connectivity index (χ2n) is 11.2. The number of carbonyl (C=O) groups is 2. The van der Waals surface area contributed by atoms with E-state index in [0.29, 0.717) is 41.2 Å². The van der Waals surface area contributed by atoms with Crippen LogP contribution in [0.2, 0.25) is 5.02 Å². The average Bonchev–Trinajstić information content (AvgIpc) is 3.09. The quantitative estimate of drug-likeness (QED) is 0.615. The summed E-state index contributed by atoms with van der Waals surface area (Å²) >= 11 is 5.97. The van der Waals surface area contributed by atoms with Crippen LogP contribution in [0.5, 0.6) is 0 Å². The summed E-state index contributed by atoms with van der Waals surface area (Å²) in [4.78, 5) is 27.1. The molecule has 2 amide bonds. The third-order valence-electron chi connectivity index (χ3n) is 9.88. The predicted molar refractivity (Wildman–Crippen MR) is 128 cm³/mol. The minimum atomic E-state index is 0.0803. The van der Waals surface area contributed by atoms with Crippen LogP contribution in [0.25, 0.3) is 0 Å². The highest BCUT2D eigenvalue weighted by molar-refractivity contribution is 6.30. The van der Waals surface area contributed by atoms with Crippen LogP contribution in [0.15, 0.2) is 36.4 Å². The number of likely N-dealkylation sites (N-methyl/N-ethyl adjacent to an activating group) is 1. The second-order valence-corrected chi connectivity index (χ2v) is 11.6. The summed E-state index contributed by atoms with van der Waals surface area (Å²) in [5.74, 6) is 2.73. The maximum atomic E-state index is 12.9. The van der Waals surface area contributed by atoms with Gasteiger partial charge in [-0.25, -0.2) is 0 Å². The van der Waals surface area contributed by atoms with Crippen molar-refractivity contribution in [3.05, 3.63) is 41.4 Å². The Kier molecular flexibility index (Phi) is 5.43. The lowest BCUT2D eigenvalue weighted by molar-refractivity contribution is -0.139. The maximum Gasteiger partial charge on any atom is 0.246 e. The minimum Gasteiger partial charge on any atom is -0.338 e. The number of fused-ring (bicyclic) bond motifs is 5. The molecule has 1 N–H and O–H groups in total. The fourth-order valence-corrected chi connectivity index (χ4v) is 8.28. The maximum absolute atomic E-state index is 12.9. The molecule has 3 fully saturated rings. The standard InChI is InChI=1S/C27H35ClN2O2/c1-26-14-12-22-20(9-11-23-27(22,2)15-13-25(32)30(23)3)21(26)10-4-17(26)16-24(31)29-19-7-5-18(28)6-8-19/h5-8,13,15,17,20-23H,4,9-12,14,16H2,1-3H3,(H,29,31)/t17-,20+,21+,22+,23-,26-,27-/m1/s1. The molecule has 1 aromatic carbocycles. The minimum absolute atomic E-state index is 0.0803. The summed E-state index contributed by atoms with van der Waals surface area (Å²) in [6.45, 7) is 4.85. The Morgan fingerprint density at radius 1 is 1.09 bits per heavy atom. The van der Waals surface area contributed by atoms with Crippen molar-refractivity contribution < 1.29 is 9.59 Å². The van der Waals surface area contributed by atoms with E-state index in [-0.39, 0.29) is 22.6 Å². The van der Waals surface area contributed by atoms with Gasteiger partial charge in [-0.05, 0) is 98.0 Å². The van der Waals surface area contributed by atoms with Gasteiger partial charge < -0.3 is 10.2 Å². The molecule has 0 unspecified atom stereocenters. The van der Waals surface area contributed by atoms with Gasteiger partial charge in [0.25, 0.3) is 0 Å². The summed E-state index contributed by atoms with van der Waals surface area (Å²) in [6, 6.07) is 7.68. The lowest BCUT2D eigenvalue weighted by atomic mass is 9.47. The van der Waals surface area contributed by atoms with Gasteiger partial charge in [0.05, 0.1) is 0 Å². The van der Waals surface area contributed by atoms with E-state index in [1.54, 1.807) is 0 Å². The second kappa shape index (κ2) is 7.90. The molecule has 0 bridgehead atoms. The highest BCUT2D eigenvalue weighted by atomic mass is 35.5. The third-order valence-corrected chi connectivity index (χ3v) is 10.1. The van der Waals surface area contributed by atoms with E-state index in [4.69, 9.17) is 11.6 Å². The van der Waals surface area contributed by atoms with Gasteiger partial charge in [-0.1, -0.05) is 31.5 Å². The van der Waals surface area contributed by atoms with E-state index < -0.39 is 0 Å². The van der Waals surface area contributed by atoms with Crippen molar-refractivity contribution >= 4 is 29.1 Å². The topological polar surface area (TPSA) is 49.4 Å². The van der Waals surface area contributed by atoms with Crippen LogP contribution in [0.3, 0.4) is 0 Å². The van der Waals surface area contributed by atoms with Crippen LogP contribution in [0.1, 0.15) is 58.8 Å². The monoisotopic (exact) mass is 454 g/mol. The van der Waals surface area contributed by atoms with E-state index >= 15 is 0 Å². The molecule has 1 aliphatic heterocycles. The largest absolute Gasteiger partial charge is 0.338 e. The molecule has 1 heterocycles. The smallest absolute Gasteiger partial charge is 0.246 e. The number of benzene rings is 1. The number of carbonyl (C=O) groups excluding carboxylic acids is 2. The van der Waals surface area contributed by atoms with E-state index in [0.717, 1.165) is 18.5 Å². The molecule has 3 aliphatic carbocycles. The molecule has 0 radical (unpaired) electrons. The molecular formula is C27H35ClN2O2. The lowest BCUT2D eigenvalue weighted by Gasteiger charge is -2.60. The van der Waals surface area contributed by atoms with Gasteiger partial charge in [-0.3, -0.25) is 9.59 Å². The summed E-state index contributed by atoms with van der Waals surface area (Å²) in [6.07, 6.45) is 11.7. The van der Waals surface area contributed by atoms with Gasteiger partial charge in [-0.15, -0.1) is 0 Å². The molecular weight excluding hydrogens is 420 g/mol. The van der Waals surface area contributed by atoms with Crippen molar-refractivity contribution in [2.24, 2.45) is 34.5 Å². The Balaban J connectivity index is 1.31. The SMILES string of the molecule is CN1C(=O)C=C[C@]2(C)[C@H]3CC[C@]4(C)[C@@H](CC(=O)Nc5ccc(Cl)cc5)CC[C@H]4[C@@H]3CC[C@@H]12. The number of hydrogen-bond acceptors (Lipinski definition) is 2. The Hall–Kier alpha value is -1.81. The number of halogens is 1. The van der Waals surface area contributed by atoms with Crippen molar-refractivity contribution in [2.75, 3.05) is 12.4 Å². The molecule has 5 heteroatoms. The van der Waals surface area contributed by atoms with Crippen LogP contribution in [-0.4, -0.2) is 29.8 Å². The zero-order valence-corrected chi connectivity index (χ0v) is 20.2. The molecule has 3 saturated carbocycles. The first-order chi connectivity index (χ1) is 15.2. The molecule has 1 aromatic rings. The van der Waals surface area contributed by atoms with Crippen molar-refractivity contribution in [1.82, 2.24) is 4.90 Å². The normalized spacial score (nSPS) is 40.4. The van der Waals surface area contributed by atoms with E-state index in [2.05, 4.69) is 25.2 Å². The summed E-state index contributed by atoms with van der Waals surface area (Å²) in [7, 11) is 1.98. The van der Waals surface area contributed by atoms with Crippen molar-refractivity contribution in [1.29, 1.82) is 0 Å². The molecule has 172 valence electrons. The Morgan fingerprint density at radius 3 is 2.59 bits per heavy atom. The number of rotatable bonds is 3. The molecule has 0 spiro atoms. The first kappa shape index (κ1) is 22.0. The molecule has 4 nitrogen and oxygen atoms in total. The van der Waals surface area contributed by atoms with Crippen LogP contribution in [-0.2, 0) is 9.59 Å². The van der Waals surface area contributed by atoms with Crippen LogP contribution < -0.4 is 5.32 Å². The molecule has 0 aromatic heterocycles. The van der Waals surface area contributed by atoms with E-state index in [1.807, 2.05) is 42.3 Å². The number of nitrogens with zero attached hydrogens (tertiary/aromatic N) is 1. The molecule has 5 rings (SSSR count). The van der Waals surface area contributed by atoms with E-state index in [1.165, 1.54) is 25.7 Å². The lowest BCUT2D eigenvalue weighted by Crippen LogP contribution is -2.59. The first-order valence-electron chi connectivity index (χ1n) is 12.2. The highest BCUT2D eigenvalue weighted by Crippen LogP contribution is 2.65. The van der Waals surface area contributed by atoms with Gasteiger partial charge in [0, 0.05) is 35.6 Å². The fraction of sp³-hybridized carbons (Fsp3) is 0.630. The molecule has 4 aliphatic rings. The summed E-state index contributed by atoms with van der Waals surface area (Å²) in [5, 5.41) is 3.75. The van der Waals surface area contributed by atoms with Gasteiger partial charge in [0.2, 0.25) is 11.8 Å². The Bertz CT molecular complexity index is 943. The van der Waals surface area contributed by atoms with Gasteiger partial charge in [0.15, 0.2) is 0 Å². The first-order valence-corrected chi connectivity index (χ1v) is 12.6. The fourth-order valence-electron chi connectivity index (χ4n) is 8.15. The number of hydrogen-bond donors (Lipinski definition) is 1. The van der Waals surface area contributed by atoms with Crippen molar-refractivity contribution in [3.8, 4) is 0 Å². The zero-order chi connectivity index (χ0) is 22.7. The van der Waals surface area contributed by atoms with Gasteiger partial charge in [-0.2, -0.15) is 0 Å². The molecule has 7 atom stereocenters. The highest BCUT2D eigenvalue weighted by Gasteiger charge is 2.60. The number of nitrogens with one attached hydrogen (secondary N) is 1. The van der Waals surface area contributed by atoms with Crippen molar-refractivity contribution in [3.63, 3.8) is 0 Å². The van der Waals surface area contributed by atoms with Crippen LogP contribution in [0.4, 0.5) is 5.69 Å². The molecule has 0 saturated heterocycles. The van der Waals surface area contributed by atoms with Crippen LogP contribution in [0, 0.1) is 34.5 Å². The molecule has 32 heavy (non-hydrogen) atoms. The van der Waals surface area contributed by atoms with Gasteiger partial charge in [0.1, 0.15) is 0 Å². The predicted octanol–water partition coefficient (Wildman–Crippen LogP) is 5.92. The van der Waals surface area contributed by atoms with Gasteiger partial charge >= 0.3 is 0 Å². The zero-order valence-electron chi connectivity index (χ0n) is 19.4. The van der Waals surface area contributed by atoms with E-state index in [9.17, 15) is 9.59 Å². The van der Waals surface area contributed by atoms with Crippen LogP contribution >= 0.6 is 11.6 Å². The summed E-state index contributed by atoms with van der Waals surface area (Å²) < 4.78 is 0.